The zero-order chi connectivity index (χ0) is 18.2. The van der Waals surface area contributed by atoms with E-state index in [1.807, 2.05) is 12.1 Å². The summed E-state index contributed by atoms with van der Waals surface area (Å²) in [7, 11) is -3.20. The maximum Gasteiger partial charge on any atom is 0.229 e. The van der Waals surface area contributed by atoms with Crippen LogP contribution < -0.4 is 5.32 Å². The summed E-state index contributed by atoms with van der Waals surface area (Å²) < 4.78 is 34.4. The number of rotatable bonds is 6. The highest BCUT2D eigenvalue weighted by atomic mass is 32.2. The molecule has 1 saturated heterocycles. The number of hydrogen-bond acceptors (Lipinski definition) is 7. The minimum atomic E-state index is -3.20. The zero-order valence-electron chi connectivity index (χ0n) is 14.8. The third-order valence-electron chi connectivity index (χ3n) is 5.38. The lowest BCUT2D eigenvalue weighted by atomic mass is 9.85. The van der Waals surface area contributed by atoms with E-state index in [0.29, 0.717) is 36.4 Å². The van der Waals surface area contributed by atoms with Crippen LogP contribution in [0.3, 0.4) is 0 Å². The number of aromatic nitrogens is 2. The minimum Gasteiger partial charge on any atom is -0.379 e. The van der Waals surface area contributed by atoms with Gasteiger partial charge in [0.1, 0.15) is 0 Å². The first-order valence-electron chi connectivity index (χ1n) is 8.92. The third kappa shape index (κ3) is 3.41. The lowest BCUT2D eigenvalue weighted by Crippen LogP contribution is -2.42. The van der Waals surface area contributed by atoms with E-state index >= 15 is 0 Å². The maximum atomic E-state index is 11.7. The molecule has 26 heavy (non-hydrogen) atoms. The Kier molecular flexibility index (Phi) is 4.58. The van der Waals surface area contributed by atoms with Crippen LogP contribution >= 0.6 is 0 Å². The Morgan fingerprint density at radius 1 is 1.27 bits per heavy atom. The van der Waals surface area contributed by atoms with Gasteiger partial charge in [-0.25, -0.2) is 8.42 Å². The van der Waals surface area contributed by atoms with Gasteiger partial charge >= 0.3 is 0 Å². The van der Waals surface area contributed by atoms with Gasteiger partial charge in [-0.15, -0.1) is 0 Å². The van der Waals surface area contributed by atoms with E-state index in [1.54, 1.807) is 12.1 Å². The molecule has 1 N–H and O–H groups in total. The van der Waals surface area contributed by atoms with Gasteiger partial charge in [0.05, 0.1) is 23.6 Å². The first-order valence-corrected chi connectivity index (χ1v) is 10.8. The molecule has 1 unspecified atom stereocenters. The molecule has 1 saturated carbocycles. The quantitative estimate of drug-likeness (QED) is 0.824. The number of nitrogens with one attached hydrogen (secondary N) is 1. The molecule has 0 radical (unpaired) electrons. The van der Waals surface area contributed by atoms with Gasteiger partial charge in [-0.1, -0.05) is 23.7 Å². The number of benzene rings is 1. The van der Waals surface area contributed by atoms with Crippen LogP contribution in [0.5, 0.6) is 0 Å². The summed E-state index contributed by atoms with van der Waals surface area (Å²) >= 11 is 0. The van der Waals surface area contributed by atoms with Crippen molar-refractivity contribution in [3.8, 4) is 0 Å². The average molecular weight is 377 g/mol. The average Bonchev–Trinajstić information content (AvgIpc) is 3.21. The van der Waals surface area contributed by atoms with Crippen molar-refractivity contribution >= 4 is 9.84 Å². The van der Waals surface area contributed by atoms with Crippen molar-refractivity contribution in [1.29, 1.82) is 0 Å². The van der Waals surface area contributed by atoms with Gasteiger partial charge in [-0.2, -0.15) is 4.98 Å². The van der Waals surface area contributed by atoms with Crippen LogP contribution in [-0.2, 0) is 26.7 Å². The molecule has 0 bridgehead atoms. The van der Waals surface area contributed by atoms with Crippen LogP contribution in [0.15, 0.2) is 33.7 Å². The predicted molar refractivity (Wildman–Crippen MR) is 94.4 cm³/mol. The van der Waals surface area contributed by atoms with Crippen LogP contribution in [0, 0.1) is 0 Å². The second-order valence-corrected chi connectivity index (χ2v) is 9.23. The number of sulfone groups is 1. The van der Waals surface area contributed by atoms with Crippen LogP contribution in [0.2, 0.25) is 0 Å². The SMILES string of the molecule is CS(=O)(=O)c1ccc(C2(NCc3noc(C4CCC4)n3)CCOC2)cc1. The Balaban J connectivity index is 1.50. The molecule has 7 nitrogen and oxygen atoms in total. The molecule has 2 heterocycles. The second-order valence-electron chi connectivity index (χ2n) is 7.21. The lowest BCUT2D eigenvalue weighted by molar-refractivity contribution is 0.165. The Hall–Kier alpha value is -1.77. The van der Waals surface area contributed by atoms with Crippen LogP contribution in [0.4, 0.5) is 0 Å². The van der Waals surface area contributed by atoms with E-state index in [2.05, 4.69) is 15.5 Å². The Morgan fingerprint density at radius 2 is 2.04 bits per heavy atom. The van der Waals surface area contributed by atoms with E-state index in [9.17, 15) is 8.42 Å². The molecule has 2 fully saturated rings. The summed E-state index contributed by atoms with van der Waals surface area (Å²) in [5.74, 6) is 1.80. The fraction of sp³-hybridized carbons (Fsp3) is 0.556. The summed E-state index contributed by atoms with van der Waals surface area (Å²) in [4.78, 5) is 4.82. The van der Waals surface area contributed by atoms with Crippen molar-refractivity contribution in [3.63, 3.8) is 0 Å². The molecule has 1 aromatic carbocycles. The summed E-state index contributed by atoms with van der Waals surface area (Å²) in [6.45, 7) is 1.66. The van der Waals surface area contributed by atoms with Crippen molar-refractivity contribution in [2.24, 2.45) is 0 Å². The summed E-state index contributed by atoms with van der Waals surface area (Å²) in [6, 6.07) is 7.01. The van der Waals surface area contributed by atoms with Gasteiger partial charge in [-0.3, -0.25) is 5.32 Å². The van der Waals surface area contributed by atoms with Gasteiger partial charge < -0.3 is 9.26 Å². The summed E-state index contributed by atoms with van der Waals surface area (Å²) in [5, 5.41) is 7.60. The molecule has 2 aromatic rings. The lowest BCUT2D eigenvalue weighted by Gasteiger charge is -2.29. The van der Waals surface area contributed by atoms with Crippen molar-refractivity contribution in [2.75, 3.05) is 19.5 Å². The van der Waals surface area contributed by atoms with E-state index in [0.717, 1.165) is 30.7 Å². The third-order valence-corrected chi connectivity index (χ3v) is 6.51. The summed E-state index contributed by atoms with van der Waals surface area (Å²) in [5.41, 5.74) is 0.637. The molecule has 0 spiro atoms. The highest BCUT2D eigenvalue weighted by Gasteiger charge is 2.37. The summed E-state index contributed by atoms with van der Waals surface area (Å²) in [6.07, 6.45) is 5.49. The molecule has 140 valence electrons. The van der Waals surface area contributed by atoms with Gasteiger partial charge in [0.25, 0.3) is 0 Å². The van der Waals surface area contributed by atoms with Crippen molar-refractivity contribution in [2.45, 2.75) is 48.6 Å². The molecule has 1 aliphatic carbocycles. The van der Waals surface area contributed by atoms with Gasteiger partial charge in [0, 0.05) is 18.8 Å². The fourth-order valence-electron chi connectivity index (χ4n) is 3.46. The largest absolute Gasteiger partial charge is 0.379 e. The van der Waals surface area contributed by atoms with Crippen LogP contribution in [-0.4, -0.2) is 38.0 Å². The Morgan fingerprint density at radius 3 is 2.62 bits per heavy atom. The maximum absolute atomic E-state index is 11.7. The van der Waals surface area contributed by atoms with E-state index in [4.69, 9.17) is 9.26 Å². The Bertz CT molecular complexity index is 866. The highest BCUT2D eigenvalue weighted by molar-refractivity contribution is 7.90. The van der Waals surface area contributed by atoms with E-state index < -0.39 is 9.84 Å². The topological polar surface area (TPSA) is 94.3 Å². The number of nitrogens with zero attached hydrogens (tertiary/aromatic N) is 2. The molecule has 1 atom stereocenters. The van der Waals surface area contributed by atoms with Gasteiger partial charge in [0.15, 0.2) is 15.7 Å². The number of hydrogen-bond donors (Lipinski definition) is 1. The molecule has 4 rings (SSSR count). The van der Waals surface area contributed by atoms with E-state index in [1.165, 1.54) is 12.7 Å². The van der Waals surface area contributed by atoms with E-state index in [-0.39, 0.29) is 5.54 Å². The molecule has 1 aromatic heterocycles. The minimum absolute atomic E-state index is 0.318. The Labute approximate surface area is 153 Å². The van der Waals surface area contributed by atoms with Crippen LogP contribution in [0.1, 0.15) is 48.9 Å². The van der Waals surface area contributed by atoms with Crippen molar-refractivity contribution in [3.05, 3.63) is 41.5 Å². The first kappa shape index (κ1) is 17.6. The zero-order valence-corrected chi connectivity index (χ0v) is 15.6. The molecular formula is C18H23N3O4S. The smallest absolute Gasteiger partial charge is 0.229 e. The standard InChI is InChI=1S/C18H23N3O4S/c1-26(22,23)15-7-5-14(6-8-15)18(9-10-24-12-18)19-11-16-20-17(25-21-16)13-3-2-4-13/h5-8,13,19H,2-4,9-12H2,1H3. The molecule has 1 aliphatic heterocycles. The normalized spacial score (nSPS) is 23.9. The van der Waals surface area contributed by atoms with Crippen molar-refractivity contribution < 1.29 is 17.7 Å². The second kappa shape index (κ2) is 6.75. The molecular weight excluding hydrogens is 354 g/mol. The fourth-order valence-corrected chi connectivity index (χ4v) is 4.09. The molecule has 0 amide bonds. The van der Waals surface area contributed by atoms with Crippen LogP contribution in [0.25, 0.3) is 0 Å². The molecule has 2 aliphatic rings. The van der Waals surface area contributed by atoms with Crippen molar-refractivity contribution in [1.82, 2.24) is 15.5 Å². The molecule has 8 heteroatoms. The predicted octanol–water partition coefficient (Wildman–Crippen LogP) is 2.15. The van der Waals surface area contributed by atoms with Gasteiger partial charge in [-0.05, 0) is 37.0 Å². The first-order chi connectivity index (χ1) is 12.5. The highest BCUT2D eigenvalue weighted by Crippen LogP contribution is 2.35. The monoisotopic (exact) mass is 377 g/mol. The number of ether oxygens (including phenoxy) is 1. The van der Waals surface area contributed by atoms with Gasteiger partial charge in [0.2, 0.25) is 5.89 Å².